The van der Waals surface area contributed by atoms with E-state index in [9.17, 15) is 9.59 Å². The summed E-state index contributed by atoms with van der Waals surface area (Å²) in [6, 6.07) is -1.02. The Kier molecular flexibility index (Phi) is 7.09. The first-order valence-corrected chi connectivity index (χ1v) is 8.95. The molecule has 0 aliphatic carbocycles. The largest absolute Gasteiger partial charge is 0.458 e. The Morgan fingerprint density at radius 2 is 1.52 bits per heavy atom. The summed E-state index contributed by atoms with van der Waals surface area (Å²) in [5.74, 6) is -0.402. The van der Waals surface area contributed by atoms with E-state index in [0.29, 0.717) is 5.16 Å². The van der Waals surface area contributed by atoms with Crippen molar-refractivity contribution >= 4 is 23.8 Å². The van der Waals surface area contributed by atoms with Crippen LogP contribution in [0.4, 0.5) is 4.79 Å². The molecule has 0 fully saturated rings. The Bertz CT molecular complexity index is 595. The van der Waals surface area contributed by atoms with Crippen LogP contribution in [0.3, 0.4) is 0 Å². The fraction of sp³-hybridized carbons (Fsp3) is 0.733. The van der Waals surface area contributed by atoms with Crippen molar-refractivity contribution in [3.63, 3.8) is 0 Å². The highest BCUT2D eigenvalue weighted by molar-refractivity contribution is 7.98. The fourth-order valence-corrected chi connectivity index (χ4v) is 1.85. The number of hydrogen-bond donors (Lipinski definition) is 1. The third kappa shape index (κ3) is 8.62. The van der Waals surface area contributed by atoms with Crippen LogP contribution in [-0.4, -0.2) is 56.0 Å². The number of carbonyl (C=O) groups excluding carboxylic acids is 2. The lowest BCUT2D eigenvalue weighted by Gasteiger charge is -2.25. The van der Waals surface area contributed by atoms with Crippen molar-refractivity contribution in [2.45, 2.75) is 70.4 Å². The van der Waals surface area contributed by atoms with Gasteiger partial charge < -0.3 is 14.8 Å². The lowest BCUT2D eigenvalue weighted by Crippen LogP contribution is -2.47. The number of ether oxygens (including phenoxy) is 2. The van der Waals surface area contributed by atoms with E-state index in [-0.39, 0.29) is 12.2 Å². The predicted molar refractivity (Wildman–Crippen MR) is 92.1 cm³/mol. The van der Waals surface area contributed by atoms with Crippen LogP contribution in [0.2, 0.25) is 0 Å². The molecule has 0 spiro atoms. The molecule has 0 radical (unpaired) electrons. The summed E-state index contributed by atoms with van der Waals surface area (Å²) >= 11 is 1.30. The zero-order valence-corrected chi connectivity index (χ0v) is 16.4. The molecule has 1 N–H and O–H groups in total. The molecule has 0 aromatic carbocycles. The van der Waals surface area contributed by atoms with Crippen LogP contribution in [0.1, 0.15) is 47.4 Å². The molecule has 1 rings (SSSR count). The molecule has 9 nitrogen and oxygen atoms in total. The van der Waals surface area contributed by atoms with Crippen molar-refractivity contribution in [1.82, 2.24) is 25.7 Å². The summed E-state index contributed by atoms with van der Waals surface area (Å²) < 4.78 is 10.5. The van der Waals surface area contributed by atoms with Crippen molar-refractivity contribution in [1.29, 1.82) is 0 Å². The highest BCUT2D eigenvalue weighted by atomic mass is 32.2. The molecule has 25 heavy (non-hydrogen) atoms. The van der Waals surface area contributed by atoms with Crippen molar-refractivity contribution in [3.8, 4) is 0 Å². The molecule has 0 saturated carbocycles. The number of nitrogens with one attached hydrogen (secondary N) is 1. The van der Waals surface area contributed by atoms with Crippen molar-refractivity contribution in [2.75, 3.05) is 6.26 Å². The van der Waals surface area contributed by atoms with Crippen molar-refractivity contribution in [3.05, 3.63) is 5.82 Å². The average Bonchev–Trinajstić information content (AvgIpc) is 2.43. The molecule has 1 amide bonds. The fourth-order valence-electron chi connectivity index (χ4n) is 1.60. The lowest BCUT2D eigenvalue weighted by atomic mass is 10.1. The van der Waals surface area contributed by atoms with Gasteiger partial charge in [-0.25, -0.2) is 9.59 Å². The van der Waals surface area contributed by atoms with Gasteiger partial charge in [0, 0.05) is 6.42 Å². The second kappa shape index (κ2) is 8.41. The Balaban J connectivity index is 2.89. The van der Waals surface area contributed by atoms with Gasteiger partial charge in [0.2, 0.25) is 5.16 Å². The number of rotatable bonds is 5. The Hall–Kier alpha value is -1.97. The maximum atomic E-state index is 12.4. The van der Waals surface area contributed by atoms with Gasteiger partial charge in [-0.15, -0.1) is 20.4 Å². The summed E-state index contributed by atoms with van der Waals surface area (Å²) in [6.45, 7) is 10.4. The minimum Gasteiger partial charge on any atom is -0.458 e. The van der Waals surface area contributed by atoms with E-state index in [0.717, 1.165) is 0 Å². The molecular formula is C15H25N5O4S. The molecular weight excluding hydrogens is 346 g/mol. The summed E-state index contributed by atoms with van der Waals surface area (Å²) in [5.41, 5.74) is -1.40. The zero-order chi connectivity index (χ0) is 19.3. The Labute approximate surface area is 151 Å². The summed E-state index contributed by atoms with van der Waals surface area (Å²) in [5, 5.41) is 18.5. The monoisotopic (exact) mass is 371 g/mol. The highest BCUT2D eigenvalue weighted by Crippen LogP contribution is 2.12. The van der Waals surface area contributed by atoms with E-state index < -0.39 is 29.3 Å². The maximum absolute atomic E-state index is 12.4. The number of nitrogens with zero attached hydrogens (tertiary/aromatic N) is 4. The summed E-state index contributed by atoms with van der Waals surface area (Å²) in [7, 11) is 0. The molecule has 1 atom stereocenters. The maximum Gasteiger partial charge on any atom is 0.408 e. The molecule has 0 aliphatic heterocycles. The predicted octanol–water partition coefficient (Wildman–Crippen LogP) is 1.77. The Morgan fingerprint density at radius 3 is 1.96 bits per heavy atom. The molecule has 0 aliphatic rings. The molecule has 10 heteroatoms. The van der Waals surface area contributed by atoms with Gasteiger partial charge >= 0.3 is 12.1 Å². The summed E-state index contributed by atoms with van der Waals surface area (Å²) in [4.78, 5) is 24.4. The quantitative estimate of drug-likeness (QED) is 0.610. The second-order valence-electron chi connectivity index (χ2n) is 7.24. The van der Waals surface area contributed by atoms with E-state index in [4.69, 9.17) is 9.47 Å². The van der Waals surface area contributed by atoms with E-state index >= 15 is 0 Å². The minimum atomic E-state index is -1.02. The van der Waals surface area contributed by atoms with Gasteiger partial charge in [-0.1, -0.05) is 11.8 Å². The lowest BCUT2D eigenvalue weighted by molar-refractivity contribution is -0.157. The van der Waals surface area contributed by atoms with E-state index in [1.54, 1.807) is 47.8 Å². The van der Waals surface area contributed by atoms with Gasteiger partial charge in [0.15, 0.2) is 5.82 Å². The van der Waals surface area contributed by atoms with Crippen molar-refractivity contribution < 1.29 is 19.1 Å². The first-order chi connectivity index (χ1) is 11.4. The van der Waals surface area contributed by atoms with Crippen LogP contribution >= 0.6 is 11.8 Å². The van der Waals surface area contributed by atoms with Crippen LogP contribution in [0.5, 0.6) is 0 Å². The van der Waals surface area contributed by atoms with Crippen LogP contribution in [-0.2, 0) is 20.7 Å². The molecule has 1 unspecified atom stereocenters. The van der Waals surface area contributed by atoms with Crippen LogP contribution in [0.15, 0.2) is 5.16 Å². The number of esters is 1. The summed E-state index contributed by atoms with van der Waals surface area (Å²) in [6.07, 6.45) is 1.05. The van der Waals surface area contributed by atoms with Gasteiger partial charge in [-0.3, -0.25) is 0 Å². The normalized spacial score (nSPS) is 13.1. The van der Waals surface area contributed by atoms with Gasteiger partial charge in [0.05, 0.1) is 0 Å². The number of carbonyl (C=O) groups is 2. The number of hydrogen-bond acceptors (Lipinski definition) is 9. The van der Waals surface area contributed by atoms with E-state index in [1.165, 1.54) is 11.8 Å². The number of amides is 1. The first kappa shape index (κ1) is 21.1. The van der Waals surface area contributed by atoms with Crippen LogP contribution in [0, 0.1) is 0 Å². The Morgan fingerprint density at radius 1 is 1.00 bits per heavy atom. The van der Waals surface area contributed by atoms with Gasteiger partial charge in [0.1, 0.15) is 17.2 Å². The molecule has 1 aromatic heterocycles. The zero-order valence-electron chi connectivity index (χ0n) is 15.6. The van der Waals surface area contributed by atoms with E-state index in [2.05, 4.69) is 25.7 Å². The molecule has 1 heterocycles. The average molecular weight is 371 g/mol. The first-order valence-electron chi connectivity index (χ1n) is 7.72. The molecule has 0 saturated heterocycles. The minimum absolute atomic E-state index is 0.0111. The standard InChI is InChI=1S/C15H25N5O4S/c1-14(2,3)23-11(21)9(16-13(22)24-15(4,5)6)8-10-17-19-12(25-7)20-18-10/h9H,8H2,1-7H3,(H,16,22). The second-order valence-corrected chi connectivity index (χ2v) is 8.01. The number of aromatic nitrogens is 4. The topological polar surface area (TPSA) is 116 Å². The smallest absolute Gasteiger partial charge is 0.408 e. The number of alkyl carbamates (subject to hydrolysis) is 1. The van der Waals surface area contributed by atoms with Gasteiger partial charge in [0.25, 0.3) is 0 Å². The SMILES string of the molecule is CSc1nnc(CC(NC(=O)OC(C)(C)C)C(=O)OC(C)(C)C)nn1. The van der Waals surface area contributed by atoms with Crippen molar-refractivity contribution in [2.24, 2.45) is 0 Å². The molecule has 140 valence electrons. The van der Waals surface area contributed by atoms with Gasteiger partial charge in [-0.05, 0) is 47.8 Å². The third-order valence-corrected chi connectivity index (χ3v) is 2.98. The molecule has 0 bridgehead atoms. The third-order valence-electron chi connectivity index (χ3n) is 2.45. The van der Waals surface area contributed by atoms with Gasteiger partial charge in [-0.2, -0.15) is 0 Å². The van der Waals surface area contributed by atoms with Crippen LogP contribution < -0.4 is 5.32 Å². The van der Waals surface area contributed by atoms with E-state index in [1.807, 2.05) is 0 Å². The number of thioether (sulfide) groups is 1. The van der Waals surface area contributed by atoms with Crippen LogP contribution in [0.25, 0.3) is 0 Å². The molecule has 1 aromatic rings. The highest BCUT2D eigenvalue weighted by Gasteiger charge is 2.30.